The number of anilines is 1. The number of carbonyl (C=O) groups is 1. The number of hydrogen-bond donors (Lipinski definition) is 1. The lowest BCUT2D eigenvalue weighted by Crippen LogP contribution is -2.12. The molecule has 2 aromatic carbocycles. The van der Waals surface area contributed by atoms with Crippen molar-refractivity contribution < 1.29 is 9.18 Å². The van der Waals surface area contributed by atoms with Crippen LogP contribution in [0, 0.1) is 5.82 Å². The molecular weight excluding hydrogens is 300 g/mol. The van der Waals surface area contributed by atoms with E-state index >= 15 is 0 Å². The number of amides is 1. The summed E-state index contributed by atoms with van der Waals surface area (Å²) in [5.41, 5.74) is 1.43. The van der Waals surface area contributed by atoms with Gasteiger partial charge in [0, 0.05) is 11.4 Å². The van der Waals surface area contributed by atoms with Crippen LogP contribution in [-0.2, 0) is 11.2 Å². The van der Waals surface area contributed by atoms with Crippen molar-refractivity contribution in [3.05, 3.63) is 63.9 Å². The van der Waals surface area contributed by atoms with Gasteiger partial charge < -0.3 is 5.32 Å². The molecular formula is C15H12Cl2FNO. The smallest absolute Gasteiger partial charge is 0.224 e. The molecule has 2 aromatic rings. The van der Waals surface area contributed by atoms with E-state index in [1.807, 2.05) is 0 Å². The molecule has 20 heavy (non-hydrogen) atoms. The number of benzene rings is 2. The van der Waals surface area contributed by atoms with E-state index in [1.54, 1.807) is 30.3 Å². The second-order valence-electron chi connectivity index (χ2n) is 4.30. The SMILES string of the molecule is O=C(CCc1ccc(F)cc1)Nc1ccc(Cl)cc1Cl. The van der Waals surface area contributed by atoms with E-state index in [0.29, 0.717) is 28.6 Å². The number of halogens is 3. The van der Waals surface area contributed by atoms with Gasteiger partial charge in [0.2, 0.25) is 5.91 Å². The van der Waals surface area contributed by atoms with Crippen LogP contribution in [-0.4, -0.2) is 5.91 Å². The maximum absolute atomic E-state index is 12.7. The summed E-state index contributed by atoms with van der Waals surface area (Å²) in [7, 11) is 0. The van der Waals surface area contributed by atoms with E-state index in [2.05, 4.69) is 5.32 Å². The summed E-state index contributed by atoms with van der Waals surface area (Å²) in [5.74, 6) is -0.440. The highest BCUT2D eigenvalue weighted by atomic mass is 35.5. The summed E-state index contributed by atoms with van der Waals surface area (Å²) in [6.07, 6.45) is 0.835. The predicted molar refractivity (Wildman–Crippen MR) is 79.8 cm³/mol. The number of aryl methyl sites for hydroxylation is 1. The molecule has 2 rings (SSSR count). The highest BCUT2D eigenvalue weighted by Crippen LogP contribution is 2.25. The van der Waals surface area contributed by atoms with Crippen LogP contribution in [0.15, 0.2) is 42.5 Å². The third kappa shape index (κ3) is 4.22. The molecule has 1 N–H and O–H groups in total. The first-order valence-corrected chi connectivity index (χ1v) is 6.79. The molecule has 0 aliphatic heterocycles. The van der Waals surface area contributed by atoms with E-state index in [4.69, 9.17) is 23.2 Å². The molecule has 0 unspecified atom stereocenters. The fourth-order valence-corrected chi connectivity index (χ4v) is 2.17. The quantitative estimate of drug-likeness (QED) is 0.871. The topological polar surface area (TPSA) is 29.1 Å². The van der Waals surface area contributed by atoms with Crippen LogP contribution in [0.25, 0.3) is 0 Å². The van der Waals surface area contributed by atoms with Crippen LogP contribution in [0.2, 0.25) is 10.0 Å². The number of carbonyl (C=O) groups excluding carboxylic acids is 1. The Hall–Kier alpha value is -1.58. The van der Waals surface area contributed by atoms with Gasteiger partial charge in [-0.25, -0.2) is 4.39 Å². The number of rotatable bonds is 4. The Morgan fingerprint density at radius 3 is 2.45 bits per heavy atom. The summed E-state index contributed by atoms with van der Waals surface area (Å²) >= 11 is 11.7. The molecule has 0 saturated carbocycles. The van der Waals surface area contributed by atoms with Crippen LogP contribution in [0.3, 0.4) is 0 Å². The third-order valence-corrected chi connectivity index (χ3v) is 3.31. The number of hydrogen-bond acceptors (Lipinski definition) is 1. The van der Waals surface area contributed by atoms with Gasteiger partial charge in [-0.15, -0.1) is 0 Å². The fourth-order valence-electron chi connectivity index (χ4n) is 1.71. The van der Waals surface area contributed by atoms with Gasteiger partial charge in [0.05, 0.1) is 10.7 Å². The molecule has 5 heteroatoms. The Morgan fingerprint density at radius 2 is 1.80 bits per heavy atom. The van der Waals surface area contributed by atoms with Crippen LogP contribution >= 0.6 is 23.2 Å². The molecule has 0 saturated heterocycles. The largest absolute Gasteiger partial charge is 0.325 e. The molecule has 0 aromatic heterocycles. The molecule has 0 aliphatic rings. The van der Waals surface area contributed by atoms with E-state index in [9.17, 15) is 9.18 Å². The average molecular weight is 312 g/mol. The predicted octanol–water partition coefficient (Wildman–Crippen LogP) is 4.70. The van der Waals surface area contributed by atoms with Crippen molar-refractivity contribution in [2.24, 2.45) is 0 Å². The van der Waals surface area contributed by atoms with Gasteiger partial charge in [-0.3, -0.25) is 4.79 Å². The lowest BCUT2D eigenvalue weighted by Gasteiger charge is -2.07. The third-order valence-electron chi connectivity index (χ3n) is 2.76. The van der Waals surface area contributed by atoms with Gasteiger partial charge in [0.15, 0.2) is 0 Å². The minimum Gasteiger partial charge on any atom is -0.325 e. The second kappa shape index (κ2) is 6.73. The Bertz CT molecular complexity index is 614. The molecule has 0 bridgehead atoms. The Kier molecular flexibility index (Phi) is 4.99. The van der Waals surface area contributed by atoms with Crippen LogP contribution in [0.1, 0.15) is 12.0 Å². The summed E-state index contributed by atoms with van der Waals surface area (Å²) in [6.45, 7) is 0. The number of nitrogens with one attached hydrogen (secondary N) is 1. The van der Waals surface area contributed by atoms with Crippen molar-refractivity contribution >= 4 is 34.8 Å². The van der Waals surface area contributed by atoms with Crippen molar-refractivity contribution in [3.8, 4) is 0 Å². The van der Waals surface area contributed by atoms with Crippen molar-refractivity contribution in [2.75, 3.05) is 5.32 Å². The molecule has 0 aliphatic carbocycles. The normalized spacial score (nSPS) is 10.3. The summed E-state index contributed by atoms with van der Waals surface area (Å²) in [4.78, 5) is 11.8. The molecule has 2 nitrogen and oxygen atoms in total. The van der Waals surface area contributed by atoms with Crippen LogP contribution < -0.4 is 5.32 Å². The van der Waals surface area contributed by atoms with E-state index < -0.39 is 0 Å². The Balaban J connectivity index is 1.90. The Morgan fingerprint density at radius 1 is 1.10 bits per heavy atom. The fraction of sp³-hybridized carbons (Fsp3) is 0.133. The lowest BCUT2D eigenvalue weighted by molar-refractivity contribution is -0.116. The molecule has 0 atom stereocenters. The minimum atomic E-state index is -0.286. The van der Waals surface area contributed by atoms with Gasteiger partial charge in [-0.05, 0) is 42.3 Å². The average Bonchev–Trinajstić information content (AvgIpc) is 2.41. The zero-order valence-corrected chi connectivity index (χ0v) is 12.0. The standard InChI is InChI=1S/C15H12Cl2FNO/c16-11-4-7-14(13(17)9-11)19-15(20)8-3-10-1-5-12(18)6-2-10/h1-2,4-7,9H,3,8H2,(H,19,20). The van der Waals surface area contributed by atoms with Crippen molar-refractivity contribution in [1.82, 2.24) is 0 Å². The van der Waals surface area contributed by atoms with Crippen LogP contribution in [0.4, 0.5) is 10.1 Å². The molecule has 0 radical (unpaired) electrons. The van der Waals surface area contributed by atoms with Crippen LogP contribution in [0.5, 0.6) is 0 Å². The Labute approximate surface area is 126 Å². The van der Waals surface area contributed by atoms with Gasteiger partial charge in [-0.1, -0.05) is 35.3 Å². The molecule has 0 spiro atoms. The van der Waals surface area contributed by atoms with Gasteiger partial charge in [0.25, 0.3) is 0 Å². The van der Waals surface area contributed by atoms with Gasteiger partial charge in [0.1, 0.15) is 5.82 Å². The first-order chi connectivity index (χ1) is 9.54. The second-order valence-corrected chi connectivity index (χ2v) is 5.14. The highest BCUT2D eigenvalue weighted by Gasteiger charge is 2.07. The maximum Gasteiger partial charge on any atom is 0.224 e. The highest BCUT2D eigenvalue weighted by molar-refractivity contribution is 6.36. The lowest BCUT2D eigenvalue weighted by atomic mass is 10.1. The first kappa shape index (κ1) is 14.8. The first-order valence-electron chi connectivity index (χ1n) is 6.04. The van der Waals surface area contributed by atoms with Crippen molar-refractivity contribution in [2.45, 2.75) is 12.8 Å². The van der Waals surface area contributed by atoms with Crippen molar-refractivity contribution in [1.29, 1.82) is 0 Å². The summed E-state index contributed by atoms with van der Waals surface area (Å²) in [6, 6.07) is 11.0. The summed E-state index contributed by atoms with van der Waals surface area (Å²) < 4.78 is 12.7. The monoisotopic (exact) mass is 311 g/mol. The summed E-state index contributed by atoms with van der Waals surface area (Å²) in [5, 5.41) is 3.62. The molecule has 1 amide bonds. The zero-order valence-electron chi connectivity index (χ0n) is 10.5. The molecule has 0 fully saturated rings. The minimum absolute atomic E-state index is 0.154. The zero-order chi connectivity index (χ0) is 14.5. The van der Waals surface area contributed by atoms with E-state index in [0.717, 1.165) is 5.56 Å². The van der Waals surface area contributed by atoms with Crippen molar-refractivity contribution in [3.63, 3.8) is 0 Å². The van der Waals surface area contributed by atoms with Gasteiger partial charge >= 0.3 is 0 Å². The maximum atomic E-state index is 12.7. The van der Waals surface area contributed by atoms with E-state index in [1.165, 1.54) is 12.1 Å². The van der Waals surface area contributed by atoms with E-state index in [-0.39, 0.29) is 11.7 Å². The van der Waals surface area contributed by atoms with Gasteiger partial charge in [-0.2, -0.15) is 0 Å². The molecule has 104 valence electrons. The molecule has 0 heterocycles.